The van der Waals surface area contributed by atoms with E-state index in [0.29, 0.717) is 34.6 Å². The summed E-state index contributed by atoms with van der Waals surface area (Å²) < 4.78 is 13.3. The summed E-state index contributed by atoms with van der Waals surface area (Å²) in [7, 11) is 1.59. The Kier molecular flexibility index (Phi) is 6.14. The molecule has 28 heavy (non-hydrogen) atoms. The number of nitrogens with zero attached hydrogens (tertiary/aromatic N) is 3. The van der Waals surface area contributed by atoms with Gasteiger partial charge in [0.05, 0.1) is 30.3 Å². The summed E-state index contributed by atoms with van der Waals surface area (Å²) in [5.41, 5.74) is 1.25. The average molecular weight is 444 g/mol. The lowest BCUT2D eigenvalue weighted by atomic mass is 10.2. The molecule has 146 valence electrons. The van der Waals surface area contributed by atoms with E-state index in [2.05, 4.69) is 26.0 Å². The second-order valence-electron chi connectivity index (χ2n) is 6.48. The number of aryl methyl sites for hydroxylation is 1. The molecule has 0 radical (unpaired) electrons. The van der Waals surface area contributed by atoms with Crippen LogP contribution in [0.1, 0.15) is 32.2 Å². The van der Waals surface area contributed by atoms with Gasteiger partial charge in [-0.25, -0.2) is 4.98 Å². The lowest BCUT2D eigenvalue weighted by Gasteiger charge is -2.13. The van der Waals surface area contributed by atoms with Gasteiger partial charge in [0, 0.05) is 10.9 Å². The highest BCUT2D eigenvalue weighted by Crippen LogP contribution is 2.28. The topological polar surface area (TPSA) is 65.7 Å². The normalized spacial score (nSPS) is 11.5. The molecule has 7 heteroatoms. The van der Waals surface area contributed by atoms with Crippen LogP contribution in [0.3, 0.4) is 0 Å². The summed E-state index contributed by atoms with van der Waals surface area (Å²) in [6.07, 6.45) is 2.25. The zero-order valence-corrected chi connectivity index (χ0v) is 17.9. The van der Waals surface area contributed by atoms with E-state index in [9.17, 15) is 4.79 Å². The molecule has 1 heterocycles. The number of benzene rings is 2. The van der Waals surface area contributed by atoms with Crippen molar-refractivity contribution in [2.75, 3.05) is 7.11 Å². The minimum Gasteiger partial charge on any atom is -0.493 e. The van der Waals surface area contributed by atoms with Gasteiger partial charge in [-0.2, -0.15) is 9.78 Å². The van der Waals surface area contributed by atoms with Crippen molar-refractivity contribution in [3.05, 3.63) is 62.6 Å². The van der Waals surface area contributed by atoms with Crippen LogP contribution in [0.2, 0.25) is 0 Å². The number of hydrogen-bond donors (Lipinski definition) is 0. The third kappa shape index (κ3) is 4.25. The van der Waals surface area contributed by atoms with E-state index in [4.69, 9.17) is 9.47 Å². The fourth-order valence-electron chi connectivity index (χ4n) is 2.78. The van der Waals surface area contributed by atoms with Gasteiger partial charge in [-0.15, -0.1) is 0 Å². The molecule has 0 saturated carbocycles. The summed E-state index contributed by atoms with van der Waals surface area (Å²) in [4.78, 5) is 17.5. The molecule has 3 aromatic rings. The van der Waals surface area contributed by atoms with E-state index in [1.54, 1.807) is 19.4 Å². The molecule has 0 aliphatic carbocycles. The molecular weight excluding hydrogens is 422 g/mol. The minimum atomic E-state index is -0.203. The lowest BCUT2D eigenvalue weighted by Crippen LogP contribution is -2.22. The van der Waals surface area contributed by atoms with Crippen molar-refractivity contribution in [3.63, 3.8) is 0 Å². The number of aromatic nitrogens is 2. The maximum absolute atomic E-state index is 12.9. The van der Waals surface area contributed by atoms with Crippen molar-refractivity contribution in [2.24, 2.45) is 5.10 Å². The minimum absolute atomic E-state index is 0.0436. The highest BCUT2D eigenvalue weighted by Gasteiger charge is 2.10. The molecule has 0 aliphatic rings. The van der Waals surface area contributed by atoms with Crippen LogP contribution in [-0.4, -0.2) is 29.1 Å². The molecule has 0 spiro atoms. The van der Waals surface area contributed by atoms with Crippen molar-refractivity contribution in [1.29, 1.82) is 0 Å². The second-order valence-corrected chi connectivity index (χ2v) is 7.40. The largest absolute Gasteiger partial charge is 0.493 e. The number of ether oxygens (including phenoxy) is 2. The molecule has 0 fully saturated rings. The monoisotopic (exact) mass is 443 g/mol. The van der Waals surface area contributed by atoms with Crippen LogP contribution >= 0.6 is 15.9 Å². The summed E-state index contributed by atoms with van der Waals surface area (Å²) in [6, 6.07) is 11.0. The fraction of sp³-hybridized carbons (Fsp3) is 0.286. The first-order valence-electron chi connectivity index (χ1n) is 9.03. The van der Waals surface area contributed by atoms with Gasteiger partial charge in [-0.3, -0.25) is 4.79 Å². The van der Waals surface area contributed by atoms with Crippen molar-refractivity contribution >= 4 is 33.0 Å². The molecule has 0 atom stereocenters. The van der Waals surface area contributed by atoms with Crippen LogP contribution in [0.15, 0.2) is 50.8 Å². The molecule has 0 unspecified atom stereocenters. The Bertz CT molecular complexity index is 1090. The van der Waals surface area contributed by atoms with Gasteiger partial charge in [-0.05, 0) is 55.8 Å². The van der Waals surface area contributed by atoms with E-state index in [1.165, 1.54) is 4.68 Å². The van der Waals surface area contributed by atoms with E-state index in [0.717, 1.165) is 10.0 Å². The van der Waals surface area contributed by atoms with Crippen molar-refractivity contribution in [1.82, 2.24) is 9.66 Å². The maximum atomic E-state index is 12.9. The second kappa shape index (κ2) is 8.56. The Labute approximate surface area is 171 Å². The Morgan fingerprint density at radius 1 is 1.21 bits per heavy atom. The lowest BCUT2D eigenvalue weighted by molar-refractivity contribution is 0.230. The molecule has 2 aromatic carbocycles. The van der Waals surface area contributed by atoms with Gasteiger partial charge in [0.1, 0.15) is 5.82 Å². The van der Waals surface area contributed by atoms with Crippen LogP contribution in [-0.2, 0) is 6.42 Å². The summed E-state index contributed by atoms with van der Waals surface area (Å²) in [6.45, 7) is 5.86. The van der Waals surface area contributed by atoms with E-state index in [-0.39, 0.29) is 11.7 Å². The maximum Gasteiger partial charge on any atom is 0.282 e. The third-order valence-electron chi connectivity index (χ3n) is 4.06. The zero-order valence-electron chi connectivity index (χ0n) is 16.3. The highest BCUT2D eigenvalue weighted by molar-refractivity contribution is 9.10. The summed E-state index contributed by atoms with van der Waals surface area (Å²) in [5, 5.41) is 4.91. The quantitative estimate of drug-likeness (QED) is 0.529. The van der Waals surface area contributed by atoms with E-state index < -0.39 is 0 Å². The number of methoxy groups -OCH3 is 1. The Morgan fingerprint density at radius 3 is 2.68 bits per heavy atom. The first kappa shape index (κ1) is 20.1. The van der Waals surface area contributed by atoms with Crippen LogP contribution in [0.5, 0.6) is 11.5 Å². The van der Waals surface area contributed by atoms with Gasteiger partial charge in [0.15, 0.2) is 11.5 Å². The van der Waals surface area contributed by atoms with Gasteiger partial charge in [0.2, 0.25) is 0 Å². The van der Waals surface area contributed by atoms with Crippen LogP contribution in [0, 0.1) is 0 Å². The smallest absolute Gasteiger partial charge is 0.282 e. The molecule has 0 aliphatic heterocycles. The Morgan fingerprint density at radius 2 is 2.00 bits per heavy atom. The van der Waals surface area contributed by atoms with E-state index in [1.807, 2.05) is 51.1 Å². The first-order chi connectivity index (χ1) is 13.4. The molecule has 3 rings (SSSR count). The van der Waals surface area contributed by atoms with Crippen molar-refractivity contribution < 1.29 is 9.47 Å². The number of hydrogen-bond acceptors (Lipinski definition) is 5. The first-order valence-corrected chi connectivity index (χ1v) is 9.82. The predicted molar refractivity (Wildman–Crippen MR) is 115 cm³/mol. The van der Waals surface area contributed by atoms with Gasteiger partial charge >= 0.3 is 0 Å². The predicted octanol–water partition coefficient (Wildman–Crippen LogP) is 4.40. The third-order valence-corrected chi connectivity index (χ3v) is 4.56. The number of halogens is 1. The van der Waals surface area contributed by atoms with Gasteiger partial charge < -0.3 is 9.47 Å². The van der Waals surface area contributed by atoms with Crippen LogP contribution in [0.25, 0.3) is 10.9 Å². The van der Waals surface area contributed by atoms with Crippen molar-refractivity contribution in [2.45, 2.75) is 33.3 Å². The standard InChI is InChI=1S/C21H22BrN3O3/c1-5-20-24-17-8-7-15(22)11-16(17)21(26)25(20)23-12-14-6-9-18(28-13(2)3)19(10-14)27-4/h6-13H,5H2,1-4H3. The number of rotatable bonds is 6. The Balaban J connectivity index is 2.03. The van der Waals surface area contributed by atoms with Crippen molar-refractivity contribution in [3.8, 4) is 11.5 Å². The molecule has 0 bridgehead atoms. The Hall–Kier alpha value is -2.67. The van der Waals surface area contributed by atoms with Crippen LogP contribution < -0.4 is 15.0 Å². The SMILES string of the molecule is CCc1nc2ccc(Br)cc2c(=O)n1N=Cc1ccc(OC(C)C)c(OC)c1. The molecular formula is C21H22BrN3O3. The number of fused-ring (bicyclic) bond motifs is 1. The molecule has 1 aromatic heterocycles. The van der Waals surface area contributed by atoms with E-state index >= 15 is 0 Å². The van der Waals surface area contributed by atoms with Crippen LogP contribution in [0.4, 0.5) is 0 Å². The van der Waals surface area contributed by atoms with Gasteiger partial charge in [0.25, 0.3) is 5.56 Å². The average Bonchev–Trinajstić information content (AvgIpc) is 2.68. The fourth-order valence-corrected chi connectivity index (χ4v) is 3.14. The molecule has 6 nitrogen and oxygen atoms in total. The highest BCUT2D eigenvalue weighted by atomic mass is 79.9. The molecule has 0 saturated heterocycles. The molecule has 0 amide bonds. The summed E-state index contributed by atoms with van der Waals surface area (Å²) in [5.74, 6) is 1.88. The summed E-state index contributed by atoms with van der Waals surface area (Å²) >= 11 is 3.40. The van der Waals surface area contributed by atoms with Gasteiger partial charge in [-0.1, -0.05) is 22.9 Å². The molecule has 0 N–H and O–H groups in total. The zero-order chi connectivity index (χ0) is 20.3.